The highest BCUT2D eigenvalue weighted by Crippen LogP contribution is 2.27. The van der Waals surface area contributed by atoms with Gasteiger partial charge in [-0.2, -0.15) is 0 Å². The minimum Gasteiger partial charge on any atom is -1.00 e. The SMILES string of the molecule is O=[N+]([O-])c1ccccc1N1CCNCC1.[Cl-]. The summed E-state index contributed by atoms with van der Waals surface area (Å²) in [5.74, 6) is 0. The lowest BCUT2D eigenvalue weighted by Crippen LogP contribution is -3.00. The first-order valence-electron chi connectivity index (χ1n) is 4.98. The fraction of sp³-hybridized carbons (Fsp3) is 0.400. The molecule has 0 bridgehead atoms. The van der Waals surface area contributed by atoms with Crippen LogP contribution in [0.15, 0.2) is 24.3 Å². The molecule has 0 atom stereocenters. The van der Waals surface area contributed by atoms with Gasteiger partial charge in [-0.3, -0.25) is 10.1 Å². The second-order valence-corrected chi connectivity index (χ2v) is 3.48. The molecule has 1 aromatic carbocycles. The van der Waals surface area contributed by atoms with Crippen molar-refractivity contribution in [3.63, 3.8) is 0 Å². The van der Waals surface area contributed by atoms with Crippen LogP contribution in [0, 0.1) is 10.1 Å². The molecular weight excluding hydrogens is 230 g/mol. The fourth-order valence-electron chi connectivity index (χ4n) is 1.79. The predicted octanol–water partition coefficient (Wildman–Crippen LogP) is -1.99. The number of nitrogens with zero attached hydrogens (tertiary/aromatic N) is 2. The summed E-state index contributed by atoms with van der Waals surface area (Å²) in [5, 5.41) is 14.0. The third kappa shape index (κ3) is 2.62. The monoisotopic (exact) mass is 242 g/mol. The molecule has 5 nitrogen and oxygen atoms in total. The van der Waals surface area contributed by atoms with Gasteiger partial charge >= 0.3 is 0 Å². The molecule has 2 rings (SSSR count). The summed E-state index contributed by atoms with van der Waals surface area (Å²) < 4.78 is 0. The maximum Gasteiger partial charge on any atom is 0.292 e. The molecule has 16 heavy (non-hydrogen) atoms. The molecule has 1 heterocycles. The van der Waals surface area contributed by atoms with Crippen LogP contribution in [0.4, 0.5) is 11.4 Å². The predicted molar refractivity (Wildman–Crippen MR) is 58.2 cm³/mol. The molecule has 1 saturated heterocycles. The smallest absolute Gasteiger partial charge is 0.292 e. The van der Waals surface area contributed by atoms with Crippen LogP contribution >= 0.6 is 0 Å². The highest BCUT2D eigenvalue weighted by atomic mass is 35.5. The Hall–Kier alpha value is -1.33. The Morgan fingerprint density at radius 2 is 1.88 bits per heavy atom. The van der Waals surface area contributed by atoms with Crippen molar-refractivity contribution in [2.24, 2.45) is 0 Å². The number of rotatable bonds is 2. The Bertz CT molecular complexity index is 367. The summed E-state index contributed by atoms with van der Waals surface area (Å²) in [5.41, 5.74) is 0.920. The van der Waals surface area contributed by atoms with E-state index in [-0.39, 0.29) is 23.0 Å². The number of nitro benzene ring substituents is 1. The van der Waals surface area contributed by atoms with E-state index in [9.17, 15) is 10.1 Å². The number of para-hydroxylation sites is 2. The lowest BCUT2D eigenvalue weighted by atomic mass is 10.2. The van der Waals surface area contributed by atoms with Gasteiger partial charge in [-0.25, -0.2) is 0 Å². The van der Waals surface area contributed by atoms with Gasteiger partial charge in [0.1, 0.15) is 5.69 Å². The van der Waals surface area contributed by atoms with Gasteiger partial charge < -0.3 is 22.6 Å². The minimum absolute atomic E-state index is 0. The second-order valence-electron chi connectivity index (χ2n) is 3.48. The number of anilines is 1. The molecule has 0 spiro atoms. The third-order valence-corrected chi connectivity index (χ3v) is 2.54. The van der Waals surface area contributed by atoms with E-state index in [0.717, 1.165) is 31.9 Å². The maximum atomic E-state index is 10.8. The average Bonchev–Trinajstić information content (AvgIpc) is 2.30. The average molecular weight is 243 g/mol. The minimum atomic E-state index is -0.322. The summed E-state index contributed by atoms with van der Waals surface area (Å²) in [6.07, 6.45) is 0. The lowest BCUT2D eigenvalue weighted by Gasteiger charge is -2.28. The first-order valence-corrected chi connectivity index (χ1v) is 4.98. The summed E-state index contributed by atoms with van der Waals surface area (Å²) in [7, 11) is 0. The molecule has 1 aliphatic heterocycles. The van der Waals surface area contributed by atoms with Gasteiger partial charge in [0.15, 0.2) is 0 Å². The van der Waals surface area contributed by atoms with E-state index in [4.69, 9.17) is 0 Å². The highest BCUT2D eigenvalue weighted by molar-refractivity contribution is 5.63. The van der Waals surface area contributed by atoms with Crippen LogP contribution < -0.4 is 22.6 Å². The molecule has 1 N–H and O–H groups in total. The van der Waals surface area contributed by atoms with Crippen LogP contribution in [0.5, 0.6) is 0 Å². The van der Waals surface area contributed by atoms with E-state index in [1.165, 1.54) is 0 Å². The Morgan fingerprint density at radius 1 is 1.25 bits per heavy atom. The Labute approximate surface area is 100 Å². The zero-order chi connectivity index (χ0) is 10.7. The van der Waals surface area contributed by atoms with Gasteiger partial charge in [0, 0.05) is 32.2 Å². The largest absolute Gasteiger partial charge is 1.00 e. The van der Waals surface area contributed by atoms with Gasteiger partial charge in [-0.1, -0.05) is 12.1 Å². The normalized spacial score (nSPS) is 15.4. The number of hydrogen-bond donors (Lipinski definition) is 1. The summed E-state index contributed by atoms with van der Waals surface area (Å²) in [6.45, 7) is 3.41. The van der Waals surface area contributed by atoms with Crippen molar-refractivity contribution in [2.75, 3.05) is 31.1 Å². The van der Waals surface area contributed by atoms with Crippen molar-refractivity contribution in [3.05, 3.63) is 34.4 Å². The zero-order valence-corrected chi connectivity index (χ0v) is 9.48. The van der Waals surface area contributed by atoms with Crippen molar-refractivity contribution in [1.82, 2.24) is 5.32 Å². The molecule has 0 aliphatic carbocycles. The van der Waals surface area contributed by atoms with Gasteiger partial charge in [-0.05, 0) is 6.07 Å². The first-order chi connectivity index (χ1) is 7.29. The van der Waals surface area contributed by atoms with Gasteiger partial charge in [0.2, 0.25) is 0 Å². The molecule has 0 amide bonds. The van der Waals surface area contributed by atoms with E-state index >= 15 is 0 Å². The molecule has 6 heteroatoms. The molecule has 0 radical (unpaired) electrons. The number of halogens is 1. The summed E-state index contributed by atoms with van der Waals surface area (Å²) >= 11 is 0. The molecule has 1 aromatic rings. The van der Waals surface area contributed by atoms with Crippen molar-refractivity contribution < 1.29 is 17.3 Å². The fourth-order valence-corrected chi connectivity index (χ4v) is 1.79. The summed E-state index contributed by atoms with van der Waals surface area (Å²) in [6, 6.07) is 6.90. The maximum absolute atomic E-state index is 10.8. The van der Waals surface area contributed by atoms with Crippen LogP contribution in [0.2, 0.25) is 0 Å². The Balaban J connectivity index is 0.00000128. The van der Waals surface area contributed by atoms with Crippen LogP contribution in [-0.2, 0) is 0 Å². The van der Waals surface area contributed by atoms with E-state index < -0.39 is 0 Å². The van der Waals surface area contributed by atoms with Gasteiger partial charge in [-0.15, -0.1) is 0 Å². The number of hydrogen-bond acceptors (Lipinski definition) is 4. The number of piperazine rings is 1. The zero-order valence-electron chi connectivity index (χ0n) is 8.73. The van der Waals surface area contributed by atoms with Crippen molar-refractivity contribution in [3.8, 4) is 0 Å². The van der Waals surface area contributed by atoms with Crippen molar-refractivity contribution in [1.29, 1.82) is 0 Å². The number of nitro groups is 1. The van der Waals surface area contributed by atoms with Crippen LogP contribution in [0.25, 0.3) is 0 Å². The molecule has 1 fully saturated rings. The van der Waals surface area contributed by atoms with E-state index in [0.29, 0.717) is 0 Å². The standard InChI is InChI=1S/C10H13N3O2.ClH/c14-13(15)10-4-2-1-3-9(10)12-7-5-11-6-8-12;/h1-4,11H,5-8H2;1H/p-1. The molecular formula is C10H13ClN3O2-. The number of nitrogens with one attached hydrogen (secondary N) is 1. The van der Waals surface area contributed by atoms with E-state index in [1.807, 2.05) is 12.1 Å². The molecule has 88 valence electrons. The third-order valence-electron chi connectivity index (χ3n) is 2.54. The van der Waals surface area contributed by atoms with Gasteiger partial charge in [0.25, 0.3) is 5.69 Å². The quantitative estimate of drug-likeness (QED) is 0.482. The van der Waals surface area contributed by atoms with Crippen LogP contribution in [0.1, 0.15) is 0 Å². The molecule has 0 unspecified atom stereocenters. The van der Waals surface area contributed by atoms with Gasteiger partial charge in [0.05, 0.1) is 4.92 Å². The topological polar surface area (TPSA) is 58.4 Å². The van der Waals surface area contributed by atoms with E-state index in [2.05, 4.69) is 10.2 Å². The van der Waals surface area contributed by atoms with E-state index in [1.54, 1.807) is 12.1 Å². The van der Waals surface area contributed by atoms with Crippen molar-refractivity contribution >= 4 is 11.4 Å². The molecule has 0 aromatic heterocycles. The number of benzene rings is 1. The highest BCUT2D eigenvalue weighted by Gasteiger charge is 2.19. The lowest BCUT2D eigenvalue weighted by molar-refractivity contribution is -0.384. The second kappa shape index (κ2) is 5.67. The Morgan fingerprint density at radius 3 is 2.50 bits per heavy atom. The molecule has 0 saturated carbocycles. The summed E-state index contributed by atoms with van der Waals surface area (Å²) in [4.78, 5) is 12.6. The molecule has 1 aliphatic rings. The van der Waals surface area contributed by atoms with Crippen LogP contribution in [-0.4, -0.2) is 31.1 Å². The Kier molecular flexibility index (Phi) is 4.52. The first kappa shape index (κ1) is 12.7. The van der Waals surface area contributed by atoms with Crippen molar-refractivity contribution in [2.45, 2.75) is 0 Å². The van der Waals surface area contributed by atoms with Crippen LogP contribution in [0.3, 0.4) is 0 Å².